The molecule has 0 aliphatic carbocycles. The third-order valence-electron chi connectivity index (χ3n) is 6.84. The zero-order valence-electron chi connectivity index (χ0n) is 22.8. The largest absolute Gasteiger partial charge is 0.508 e. The maximum absolute atomic E-state index is 14.5. The van der Waals surface area contributed by atoms with E-state index in [9.17, 15) is 20.0 Å². The Morgan fingerprint density at radius 3 is 2.21 bits per heavy atom. The van der Waals surface area contributed by atoms with Crippen LogP contribution in [0.3, 0.4) is 0 Å². The van der Waals surface area contributed by atoms with E-state index in [0.29, 0.717) is 44.4 Å². The number of aromatic hydroxyl groups is 1. The van der Waals surface area contributed by atoms with Gasteiger partial charge in [-0.05, 0) is 99.4 Å². The number of ketones is 1. The van der Waals surface area contributed by atoms with Gasteiger partial charge in [0, 0.05) is 34.6 Å². The van der Waals surface area contributed by atoms with Crippen LogP contribution in [0.2, 0.25) is 5.02 Å². The molecule has 1 amide bonds. The summed E-state index contributed by atoms with van der Waals surface area (Å²) in [6.45, 7) is 11.1. The number of halogens is 1. The van der Waals surface area contributed by atoms with Gasteiger partial charge in [-0.2, -0.15) is 5.26 Å². The Kier molecular flexibility index (Phi) is 8.65. The third kappa shape index (κ3) is 5.74. The van der Waals surface area contributed by atoms with Crippen molar-refractivity contribution in [2.45, 2.75) is 41.5 Å². The Bertz CT molecular complexity index is 1500. The maximum Gasteiger partial charge on any atom is 0.262 e. The second-order valence-electron chi connectivity index (χ2n) is 9.65. The van der Waals surface area contributed by atoms with Crippen molar-refractivity contribution in [3.05, 3.63) is 93.3 Å². The third-order valence-corrected chi connectivity index (χ3v) is 7.08. The molecule has 1 heterocycles. The van der Waals surface area contributed by atoms with Crippen LogP contribution >= 0.6 is 11.6 Å². The summed E-state index contributed by atoms with van der Waals surface area (Å²) in [5.74, 6) is -0.272. The van der Waals surface area contributed by atoms with E-state index in [0.717, 1.165) is 11.3 Å². The Morgan fingerprint density at radius 2 is 1.68 bits per heavy atom. The average Bonchev–Trinajstić information content (AvgIpc) is 3.16. The van der Waals surface area contributed by atoms with Crippen LogP contribution in [0.25, 0.3) is 5.57 Å². The topological polar surface area (TPSA) is 86.3 Å². The Morgan fingerprint density at radius 1 is 1.05 bits per heavy atom. The molecule has 0 saturated heterocycles. The van der Waals surface area contributed by atoms with Gasteiger partial charge in [-0.15, -0.1) is 0 Å². The molecule has 0 aliphatic heterocycles. The molecule has 0 fully saturated rings. The van der Waals surface area contributed by atoms with E-state index < -0.39 is 0 Å². The van der Waals surface area contributed by atoms with Crippen molar-refractivity contribution in [3.63, 3.8) is 0 Å². The molecule has 0 aliphatic rings. The number of carbonyl (C=O) groups excluding carboxylic acids is 2. The SMILES string of the molecule is CC(=O)c1ccc(Cl)cc1/C(C)=C/C(C(=O)N(c1ccc(O)cc1)c1cc(C#N)n(C)c1C)=C(/C)C(C)C. The number of allylic oxidation sites excluding steroid dienone is 2. The van der Waals surface area contributed by atoms with Crippen molar-refractivity contribution in [1.29, 1.82) is 5.26 Å². The number of nitriles is 1. The highest BCUT2D eigenvalue weighted by Gasteiger charge is 2.27. The molecule has 0 bridgehead atoms. The number of aromatic nitrogens is 1. The van der Waals surface area contributed by atoms with Gasteiger partial charge in [0.05, 0.1) is 5.69 Å². The summed E-state index contributed by atoms with van der Waals surface area (Å²) in [5, 5.41) is 20.0. The molecule has 196 valence electrons. The molecule has 3 aromatic rings. The van der Waals surface area contributed by atoms with Gasteiger partial charge in [-0.3, -0.25) is 14.5 Å². The fourth-order valence-electron chi connectivity index (χ4n) is 4.20. The number of phenols is 1. The fourth-order valence-corrected chi connectivity index (χ4v) is 4.38. The van der Waals surface area contributed by atoms with Gasteiger partial charge in [-0.1, -0.05) is 31.0 Å². The molecule has 38 heavy (non-hydrogen) atoms. The minimum absolute atomic E-state index is 0.0536. The quantitative estimate of drug-likeness (QED) is 0.195. The number of anilines is 2. The number of Topliss-reactive ketones (excluding diaryl/α,β-unsaturated/α-hetero) is 1. The predicted octanol–water partition coefficient (Wildman–Crippen LogP) is 7.51. The van der Waals surface area contributed by atoms with Crippen molar-refractivity contribution in [3.8, 4) is 11.8 Å². The van der Waals surface area contributed by atoms with Crippen LogP contribution in [0.1, 0.15) is 61.9 Å². The van der Waals surface area contributed by atoms with Crippen molar-refractivity contribution < 1.29 is 14.7 Å². The molecule has 6 nitrogen and oxygen atoms in total. The van der Waals surface area contributed by atoms with E-state index in [1.807, 2.05) is 34.6 Å². The molecule has 2 aromatic carbocycles. The second kappa shape index (κ2) is 11.5. The first-order valence-corrected chi connectivity index (χ1v) is 12.6. The van der Waals surface area contributed by atoms with Gasteiger partial charge in [0.1, 0.15) is 17.5 Å². The van der Waals surface area contributed by atoms with Crippen molar-refractivity contribution in [1.82, 2.24) is 4.57 Å². The lowest BCUT2D eigenvalue weighted by atomic mass is 9.92. The Balaban J connectivity index is 2.29. The number of benzene rings is 2. The molecule has 0 atom stereocenters. The molecule has 0 saturated carbocycles. The zero-order valence-corrected chi connectivity index (χ0v) is 23.5. The monoisotopic (exact) mass is 529 g/mol. The number of rotatable bonds is 7. The molecule has 0 radical (unpaired) electrons. The molecule has 3 rings (SSSR count). The molecule has 0 spiro atoms. The summed E-state index contributed by atoms with van der Waals surface area (Å²) in [7, 11) is 1.78. The molecular formula is C31H32ClN3O3. The van der Waals surface area contributed by atoms with Crippen LogP contribution < -0.4 is 4.90 Å². The second-order valence-corrected chi connectivity index (χ2v) is 10.1. The minimum Gasteiger partial charge on any atom is -0.508 e. The first-order chi connectivity index (χ1) is 17.9. The van der Waals surface area contributed by atoms with Crippen LogP contribution in [-0.4, -0.2) is 21.4 Å². The molecular weight excluding hydrogens is 498 g/mol. The first kappa shape index (κ1) is 28.5. The van der Waals surface area contributed by atoms with Crippen LogP contribution in [0.4, 0.5) is 11.4 Å². The highest BCUT2D eigenvalue weighted by Crippen LogP contribution is 2.35. The number of phenolic OH excluding ortho intramolecular Hbond substituents is 1. The molecule has 0 unspecified atom stereocenters. The highest BCUT2D eigenvalue weighted by atomic mass is 35.5. The van der Waals surface area contributed by atoms with Crippen molar-refractivity contribution in [2.24, 2.45) is 13.0 Å². The Labute approximate surface area is 229 Å². The van der Waals surface area contributed by atoms with Crippen LogP contribution in [0, 0.1) is 24.2 Å². The van der Waals surface area contributed by atoms with E-state index in [1.165, 1.54) is 19.1 Å². The lowest BCUT2D eigenvalue weighted by molar-refractivity contribution is -0.114. The van der Waals surface area contributed by atoms with E-state index >= 15 is 0 Å². The molecule has 1 N–H and O–H groups in total. The summed E-state index contributed by atoms with van der Waals surface area (Å²) in [6, 6.07) is 15.3. The summed E-state index contributed by atoms with van der Waals surface area (Å²) >= 11 is 6.27. The first-order valence-electron chi connectivity index (χ1n) is 12.3. The number of carbonyl (C=O) groups is 2. The van der Waals surface area contributed by atoms with Crippen LogP contribution in [0.15, 0.2) is 65.8 Å². The van der Waals surface area contributed by atoms with Gasteiger partial charge < -0.3 is 9.67 Å². The van der Waals surface area contributed by atoms with Crippen molar-refractivity contribution in [2.75, 3.05) is 4.90 Å². The summed E-state index contributed by atoms with van der Waals surface area (Å²) < 4.78 is 1.74. The maximum atomic E-state index is 14.5. The van der Waals surface area contributed by atoms with Gasteiger partial charge in [-0.25, -0.2) is 0 Å². The van der Waals surface area contributed by atoms with E-state index in [2.05, 4.69) is 6.07 Å². The normalized spacial score (nSPS) is 12.3. The lowest BCUT2D eigenvalue weighted by Gasteiger charge is -2.25. The molecule has 7 heteroatoms. The van der Waals surface area contributed by atoms with Crippen molar-refractivity contribution >= 4 is 40.2 Å². The van der Waals surface area contributed by atoms with E-state index in [1.54, 1.807) is 59.0 Å². The van der Waals surface area contributed by atoms with Crippen LogP contribution in [0.5, 0.6) is 5.75 Å². The van der Waals surface area contributed by atoms with E-state index in [4.69, 9.17) is 11.6 Å². The lowest BCUT2D eigenvalue weighted by Crippen LogP contribution is -2.28. The fraction of sp³-hybridized carbons (Fsp3) is 0.258. The van der Waals surface area contributed by atoms with Gasteiger partial charge in [0.2, 0.25) is 0 Å². The minimum atomic E-state index is -0.300. The number of nitrogens with zero attached hydrogens (tertiary/aromatic N) is 3. The number of hydrogen-bond donors (Lipinski definition) is 1. The van der Waals surface area contributed by atoms with Gasteiger partial charge >= 0.3 is 0 Å². The number of amides is 1. The summed E-state index contributed by atoms with van der Waals surface area (Å²) in [5.41, 5.74) is 5.46. The summed E-state index contributed by atoms with van der Waals surface area (Å²) in [6.07, 6.45) is 1.80. The molecule has 1 aromatic heterocycles. The average molecular weight is 530 g/mol. The standard InChI is InChI=1S/C31H32ClN3O3/c1-18(2)20(4)29(14-19(3)28-15-23(32)8-13-27(28)22(6)36)31(38)35(24-9-11-26(37)12-10-24)30-16-25(17-33)34(7)21(30)5/h8-16,18,37H,1-7H3/b19-14+,29-20+. The summed E-state index contributed by atoms with van der Waals surface area (Å²) in [4.78, 5) is 28.4. The van der Waals surface area contributed by atoms with Gasteiger partial charge in [0.15, 0.2) is 5.78 Å². The van der Waals surface area contributed by atoms with E-state index in [-0.39, 0.29) is 23.4 Å². The van der Waals surface area contributed by atoms with Gasteiger partial charge in [0.25, 0.3) is 5.91 Å². The zero-order chi connectivity index (χ0) is 28.3. The number of hydrogen-bond acceptors (Lipinski definition) is 4. The smallest absolute Gasteiger partial charge is 0.262 e. The Hall–Kier alpha value is -4.08. The predicted molar refractivity (Wildman–Crippen MR) is 153 cm³/mol. The highest BCUT2D eigenvalue weighted by molar-refractivity contribution is 6.31. The van der Waals surface area contributed by atoms with Crippen LogP contribution in [-0.2, 0) is 11.8 Å².